The van der Waals surface area contributed by atoms with Gasteiger partial charge in [-0.3, -0.25) is 9.69 Å². The molecule has 0 bridgehead atoms. The number of aromatic nitrogens is 2. The number of piperazine rings is 1. The molecule has 1 aliphatic heterocycles. The number of hydrogen-bond donors (Lipinski definition) is 1. The Bertz CT molecular complexity index is 702. The number of nitrogens with zero attached hydrogens (tertiary/aromatic N) is 4. The van der Waals surface area contributed by atoms with E-state index in [1.807, 2.05) is 37.3 Å². The largest absolute Gasteiger partial charge is 0.495 e. The molecule has 0 unspecified atom stereocenters. The molecular formula is C18H23N5O2. The van der Waals surface area contributed by atoms with E-state index in [2.05, 4.69) is 25.1 Å². The number of benzene rings is 1. The third-order valence-electron chi connectivity index (χ3n) is 4.44. The van der Waals surface area contributed by atoms with Crippen molar-refractivity contribution in [1.82, 2.24) is 14.9 Å². The summed E-state index contributed by atoms with van der Waals surface area (Å²) in [6.07, 6.45) is 3.50. The third kappa shape index (κ3) is 4.06. The maximum Gasteiger partial charge on any atom is 0.241 e. The number of nitrogens with one attached hydrogen (secondary N) is 1. The molecule has 1 fully saturated rings. The SMILES string of the molecule is COc1ccccc1NC(=O)[C@@H](C)N1CCN(c2ncccn2)CC1. The Morgan fingerprint density at radius 3 is 2.48 bits per heavy atom. The average Bonchev–Trinajstić information content (AvgIpc) is 2.68. The first kappa shape index (κ1) is 17.2. The predicted octanol–water partition coefficient (Wildman–Crippen LogP) is 1.63. The highest BCUT2D eigenvalue weighted by atomic mass is 16.5. The van der Waals surface area contributed by atoms with Crippen LogP contribution in [0.4, 0.5) is 11.6 Å². The van der Waals surface area contributed by atoms with Crippen LogP contribution in [0.2, 0.25) is 0 Å². The first-order valence-electron chi connectivity index (χ1n) is 8.39. The van der Waals surface area contributed by atoms with Gasteiger partial charge >= 0.3 is 0 Å². The molecule has 1 aliphatic rings. The van der Waals surface area contributed by atoms with E-state index >= 15 is 0 Å². The number of carbonyl (C=O) groups is 1. The summed E-state index contributed by atoms with van der Waals surface area (Å²) in [4.78, 5) is 25.5. The maximum atomic E-state index is 12.6. The molecule has 7 nitrogen and oxygen atoms in total. The molecule has 0 saturated carbocycles. The van der Waals surface area contributed by atoms with Gasteiger partial charge in [0.2, 0.25) is 11.9 Å². The Hall–Kier alpha value is -2.67. The Morgan fingerprint density at radius 2 is 1.80 bits per heavy atom. The van der Waals surface area contributed by atoms with E-state index in [1.165, 1.54) is 0 Å². The van der Waals surface area contributed by atoms with Gasteiger partial charge < -0.3 is 15.0 Å². The van der Waals surface area contributed by atoms with Gasteiger partial charge in [0.05, 0.1) is 18.8 Å². The highest BCUT2D eigenvalue weighted by molar-refractivity contribution is 5.95. The van der Waals surface area contributed by atoms with Gasteiger partial charge in [0.25, 0.3) is 0 Å². The van der Waals surface area contributed by atoms with Gasteiger partial charge in [0.1, 0.15) is 5.75 Å². The van der Waals surface area contributed by atoms with Crippen molar-refractivity contribution < 1.29 is 9.53 Å². The molecule has 2 heterocycles. The fourth-order valence-corrected chi connectivity index (χ4v) is 2.91. The summed E-state index contributed by atoms with van der Waals surface area (Å²) in [5.41, 5.74) is 0.693. The van der Waals surface area contributed by atoms with E-state index in [0.717, 1.165) is 32.1 Å². The van der Waals surface area contributed by atoms with Crippen LogP contribution in [0.15, 0.2) is 42.7 Å². The Kier molecular flexibility index (Phi) is 5.45. The van der Waals surface area contributed by atoms with Crippen molar-refractivity contribution in [3.63, 3.8) is 0 Å². The highest BCUT2D eigenvalue weighted by Crippen LogP contribution is 2.23. The second-order valence-electron chi connectivity index (χ2n) is 5.94. The summed E-state index contributed by atoms with van der Waals surface area (Å²) in [7, 11) is 1.60. The molecule has 2 aromatic rings. The molecule has 1 aromatic carbocycles. The average molecular weight is 341 g/mol. The minimum atomic E-state index is -0.219. The summed E-state index contributed by atoms with van der Waals surface area (Å²) in [5, 5.41) is 2.96. The van der Waals surface area contributed by atoms with E-state index in [9.17, 15) is 4.79 Å². The standard InChI is InChI=1S/C18H23N5O2/c1-14(17(24)21-15-6-3-4-7-16(15)25-2)22-10-12-23(13-11-22)18-19-8-5-9-20-18/h3-9,14H,10-13H2,1-2H3,(H,21,24)/t14-/m1/s1. The van der Waals surface area contributed by atoms with Crippen LogP contribution in [0, 0.1) is 0 Å². The van der Waals surface area contributed by atoms with Gasteiger partial charge in [-0.05, 0) is 25.1 Å². The fraction of sp³-hybridized carbons (Fsp3) is 0.389. The van der Waals surface area contributed by atoms with Crippen molar-refractivity contribution in [2.75, 3.05) is 43.5 Å². The van der Waals surface area contributed by atoms with Gasteiger partial charge in [-0.2, -0.15) is 0 Å². The zero-order chi connectivity index (χ0) is 17.6. The number of amides is 1. The lowest BCUT2D eigenvalue weighted by Gasteiger charge is -2.37. The summed E-state index contributed by atoms with van der Waals surface area (Å²) in [6.45, 7) is 5.11. The second kappa shape index (κ2) is 7.94. The monoisotopic (exact) mass is 341 g/mol. The Balaban J connectivity index is 1.57. The summed E-state index contributed by atoms with van der Waals surface area (Å²) >= 11 is 0. The molecule has 1 atom stereocenters. The molecule has 1 saturated heterocycles. The lowest BCUT2D eigenvalue weighted by molar-refractivity contribution is -0.120. The predicted molar refractivity (Wildman–Crippen MR) is 96.9 cm³/mol. The molecule has 25 heavy (non-hydrogen) atoms. The zero-order valence-electron chi connectivity index (χ0n) is 14.6. The van der Waals surface area contributed by atoms with E-state index in [0.29, 0.717) is 11.4 Å². The molecule has 1 amide bonds. The van der Waals surface area contributed by atoms with Crippen LogP contribution in [-0.2, 0) is 4.79 Å². The minimum absolute atomic E-state index is 0.0334. The first-order valence-corrected chi connectivity index (χ1v) is 8.39. The van der Waals surface area contributed by atoms with Crippen molar-refractivity contribution in [2.45, 2.75) is 13.0 Å². The number of ether oxygens (including phenoxy) is 1. The van der Waals surface area contributed by atoms with E-state index in [1.54, 1.807) is 19.5 Å². The molecule has 3 rings (SSSR count). The smallest absolute Gasteiger partial charge is 0.241 e. The molecule has 0 spiro atoms. The number of carbonyl (C=O) groups excluding carboxylic acids is 1. The molecule has 7 heteroatoms. The number of hydrogen-bond acceptors (Lipinski definition) is 6. The van der Waals surface area contributed by atoms with Crippen LogP contribution in [0.1, 0.15) is 6.92 Å². The molecular weight excluding hydrogens is 318 g/mol. The van der Waals surface area contributed by atoms with Gasteiger partial charge in [0, 0.05) is 38.6 Å². The molecule has 1 aromatic heterocycles. The Morgan fingerprint density at radius 1 is 1.12 bits per heavy atom. The van der Waals surface area contributed by atoms with Gasteiger partial charge in [-0.1, -0.05) is 12.1 Å². The first-order chi connectivity index (χ1) is 12.2. The summed E-state index contributed by atoms with van der Waals surface area (Å²) < 4.78 is 5.29. The van der Waals surface area contributed by atoms with Crippen molar-refractivity contribution in [2.24, 2.45) is 0 Å². The normalized spacial score (nSPS) is 16.3. The van der Waals surface area contributed by atoms with Gasteiger partial charge in [-0.25, -0.2) is 9.97 Å². The Labute approximate surface area is 147 Å². The van der Waals surface area contributed by atoms with Crippen LogP contribution in [-0.4, -0.2) is 60.1 Å². The van der Waals surface area contributed by atoms with Crippen molar-refractivity contribution in [3.05, 3.63) is 42.7 Å². The van der Waals surface area contributed by atoms with Gasteiger partial charge in [-0.15, -0.1) is 0 Å². The fourth-order valence-electron chi connectivity index (χ4n) is 2.91. The van der Waals surface area contributed by atoms with E-state index in [-0.39, 0.29) is 11.9 Å². The van der Waals surface area contributed by atoms with Crippen LogP contribution in [0.5, 0.6) is 5.75 Å². The van der Waals surface area contributed by atoms with E-state index < -0.39 is 0 Å². The second-order valence-corrected chi connectivity index (χ2v) is 5.94. The van der Waals surface area contributed by atoms with Gasteiger partial charge in [0.15, 0.2) is 0 Å². The van der Waals surface area contributed by atoms with Crippen LogP contribution in [0.25, 0.3) is 0 Å². The van der Waals surface area contributed by atoms with Crippen LogP contribution < -0.4 is 15.0 Å². The molecule has 1 N–H and O–H groups in total. The van der Waals surface area contributed by atoms with Crippen LogP contribution in [0.3, 0.4) is 0 Å². The van der Waals surface area contributed by atoms with Crippen molar-refractivity contribution in [1.29, 1.82) is 0 Å². The lowest BCUT2D eigenvalue weighted by atomic mass is 10.2. The van der Waals surface area contributed by atoms with Crippen molar-refractivity contribution >= 4 is 17.5 Å². The molecule has 0 radical (unpaired) electrons. The lowest BCUT2D eigenvalue weighted by Crippen LogP contribution is -2.53. The number of anilines is 2. The maximum absolute atomic E-state index is 12.6. The molecule has 0 aliphatic carbocycles. The van der Waals surface area contributed by atoms with E-state index in [4.69, 9.17) is 4.74 Å². The minimum Gasteiger partial charge on any atom is -0.495 e. The number of para-hydroxylation sites is 2. The summed E-state index contributed by atoms with van der Waals surface area (Å²) in [6, 6.07) is 9.02. The summed E-state index contributed by atoms with van der Waals surface area (Å²) in [5.74, 6) is 1.37. The topological polar surface area (TPSA) is 70.6 Å². The van der Waals surface area contributed by atoms with Crippen LogP contribution >= 0.6 is 0 Å². The molecule has 132 valence electrons. The number of rotatable bonds is 5. The zero-order valence-corrected chi connectivity index (χ0v) is 14.6. The quantitative estimate of drug-likeness (QED) is 0.891. The number of methoxy groups -OCH3 is 1. The van der Waals surface area contributed by atoms with Crippen molar-refractivity contribution in [3.8, 4) is 5.75 Å². The third-order valence-corrected chi connectivity index (χ3v) is 4.44. The highest BCUT2D eigenvalue weighted by Gasteiger charge is 2.26.